The first-order chi connectivity index (χ1) is 7.33. The van der Waals surface area contributed by atoms with Crippen molar-refractivity contribution in [1.29, 1.82) is 5.26 Å². The number of rotatable bonds is 2. The van der Waals surface area contributed by atoms with Gasteiger partial charge in [0.1, 0.15) is 11.8 Å². The van der Waals surface area contributed by atoms with E-state index in [2.05, 4.69) is 16.0 Å². The minimum atomic E-state index is 0.476. The van der Waals surface area contributed by atoms with Crippen LogP contribution in [0.1, 0.15) is 12.1 Å². The monoisotopic (exact) mass is 202 g/mol. The number of nitrogens with zero attached hydrogens (tertiary/aromatic N) is 3. The Balaban J connectivity index is 2.14. The molecule has 0 radical (unpaired) electrons. The maximum Gasteiger partial charge on any atom is 0.142 e. The fourth-order valence-corrected chi connectivity index (χ4v) is 1.94. The summed E-state index contributed by atoms with van der Waals surface area (Å²) in [5, 5.41) is 8.75. The molecule has 0 amide bonds. The molecule has 0 saturated carbocycles. The largest absolute Gasteiger partial charge is 0.371 e. The van der Waals surface area contributed by atoms with E-state index in [1.807, 2.05) is 12.1 Å². The molecule has 1 aliphatic heterocycles. The van der Waals surface area contributed by atoms with E-state index in [4.69, 9.17) is 11.0 Å². The Kier molecular flexibility index (Phi) is 2.84. The van der Waals surface area contributed by atoms with Crippen molar-refractivity contribution >= 4 is 5.69 Å². The summed E-state index contributed by atoms with van der Waals surface area (Å²) >= 11 is 0. The van der Waals surface area contributed by atoms with E-state index in [1.165, 1.54) is 0 Å². The highest BCUT2D eigenvalue weighted by Gasteiger charge is 2.21. The zero-order chi connectivity index (χ0) is 10.7. The lowest BCUT2D eigenvalue weighted by Gasteiger charge is -2.18. The molecule has 1 aromatic heterocycles. The highest BCUT2D eigenvalue weighted by molar-refractivity contribution is 5.49. The summed E-state index contributed by atoms with van der Waals surface area (Å²) < 4.78 is 0. The summed E-state index contributed by atoms with van der Waals surface area (Å²) in [6.07, 6.45) is 2.82. The zero-order valence-electron chi connectivity index (χ0n) is 8.56. The quantitative estimate of drug-likeness (QED) is 0.768. The highest BCUT2D eigenvalue weighted by Crippen LogP contribution is 2.22. The maximum absolute atomic E-state index is 8.75. The average Bonchev–Trinajstić information content (AvgIpc) is 2.78. The van der Waals surface area contributed by atoms with E-state index in [0.717, 1.165) is 31.7 Å². The first-order valence-electron chi connectivity index (χ1n) is 5.14. The van der Waals surface area contributed by atoms with E-state index in [0.29, 0.717) is 11.6 Å². The van der Waals surface area contributed by atoms with Crippen LogP contribution in [0, 0.1) is 17.2 Å². The van der Waals surface area contributed by atoms with Crippen molar-refractivity contribution in [3.05, 3.63) is 24.0 Å². The van der Waals surface area contributed by atoms with E-state index < -0.39 is 0 Å². The van der Waals surface area contributed by atoms with Gasteiger partial charge >= 0.3 is 0 Å². The molecule has 2 rings (SSSR count). The van der Waals surface area contributed by atoms with Gasteiger partial charge < -0.3 is 10.6 Å². The van der Waals surface area contributed by atoms with Gasteiger partial charge in [0.05, 0.1) is 0 Å². The second-order valence-electron chi connectivity index (χ2n) is 3.85. The van der Waals surface area contributed by atoms with Crippen LogP contribution in [0.5, 0.6) is 0 Å². The molecule has 1 aliphatic rings. The van der Waals surface area contributed by atoms with Gasteiger partial charge in [-0.05, 0) is 31.0 Å². The molecule has 2 N–H and O–H groups in total. The minimum Gasteiger partial charge on any atom is -0.371 e. The van der Waals surface area contributed by atoms with Crippen molar-refractivity contribution in [2.45, 2.75) is 6.42 Å². The van der Waals surface area contributed by atoms with E-state index in [9.17, 15) is 0 Å². The Bertz CT molecular complexity index is 382. The topological polar surface area (TPSA) is 65.9 Å². The molecule has 1 unspecified atom stereocenters. The van der Waals surface area contributed by atoms with Crippen LogP contribution < -0.4 is 10.6 Å². The van der Waals surface area contributed by atoms with Crippen LogP contribution in [0.2, 0.25) is 0 Å². The average molecular weight is 202 g/mol. The number of hydrogen-bond donors (Lipinski definition) is 1. The van der Waals surface area contributed by atoms with Crippen LogP contribution in [0.15, 0.2) is 18.3 Å². The van der Waals surface area contributed by atoms with Gasteiger partial charge in [0.15, 0.2) is 0 Å². The predicted molar refractivity (Wildman–Crippen MR) is 58.3 cm³/mol. The molecule has 2 heterocycles. The highest BCUT2D eigenvalue weighted by atomic mass is 15.2. The number of nitriles is 1. The van der Waals surface area contributed by atoms with Gasteiger partial charge in [-0.3, -0.25) is 0 Å². The summed E-state index contributed by atoms with van der Waals surface area (Å²) in [7, 11) is 0. The van der Waals surface area contributed by atoms with Crippen LogP contribution >= 0.6 is 0 Å². The van der Waals surface area contributed by atoms with Gasteiger partial charge in [0.2, 0.25) is 0 Å². The first-order valence-corrected chi connectivity index (χ1v) is 5.14. The Morgan fingerprint density at radius 2 is 2.53 bits per heavy atom. The molecule has 1 atom stereocenters. The molecule has 1 fully saturated rings. The van der Waals surface area contributed by atoms with E-state index in [1.54, 1.807) is 6.20 Å². The lowest BCUT2D eigenvalue weighted by Crippen LogP contribution is -2.22. The molecule has 15 heavy (non-hydrogen) atoms. The maximum atomic E-state index is 8.75. The van der Waals surface area contributed by atoms with Crippen molar-refractivity contribution in [2.75, 3.05) is 24.5 Å². The Labute approximate surface area is 89.3 Å². The fraction of sp³-hybridized carbons (Fsp3) is 0.455. The summed E-state index contributed by atoms with van der Waals surface area (Å²) in [5.74, 6) is 0.587. The molecule has 1 aromatic rings. The second kappa shape index (κ2) is 4.28. The lowest BCUT2D eigenvalue weighted by molar-refractivity contribution is 0.602. The van der Waals surface area contributed by atoms with Crippen LogP contribution in [-0.4, -0.2) is 24.6 Å². The SMILES string of the molecule is N#Cc1cc(N2CCC(CN)C2)ccn1. The number of nitrogens with two attached hydrogens (primary N) is 1. The third kappa shape index (κ3) is 2.08. The van der Waals surface area contributed by atoms with Crippen LogP contribution in [0.25, 0.3) is 0 Å². The Hall–Kier alpha value is -1.60. The first kappa shape index (κ1) is 9.94. The van der Waals surface area contributed by atoms with Gasteiger partial charge in [-0.25, -0.2) is 4.98 Å². The fourth-order valence-electron chi connectivity index (χ4n) is 1.94. The Morgan fingerprint density at radius 1 is 1.67 bits per heavy atom. The van der Waals surface area contributed by atoms with Crippen LogP contribution in [0.4, 0.5) is 5.69 Å². The molecule has 0 aliphatic carbocycles. The van der Waals surface area contributed by atoms with Gasteiger partial charge in [-0.15, -0.1) is 0 Å². The molecular formula is C11H14N4. The molecule has 4 nitrogen and oxygen atoms in total. The summed E-state index contributed by atoms with van der Waals surface area (Å²) in [6, 6.07) is 5.83. The number of anilines is 1. The van der Waals surface area contributed by atoms with Gasteiger partial charge in [0, 0.05) is 25.0 Å². The zero-order valence-corrected chi connectivity index (χ0v) is 8.56. The third-order valence-corrected chi connectivity index (χ3v) is 2.84. The molecule has 4 heteroatoms. The number of aromatic nitrogens is 1. The molecule has 78 valence electrons. The van der Waals surface area contributed by atoms with E-state index >= 15 is 0 Å². The molecule has 0 aromatic carbocycles. The van der Waals surface area contributed by atoms with Crippen molar-refractivity contribution in [3.8, 4) is 6.07 Å². The van der Waals surface area contributed by atoms with Crippen molar-refractivity contribution < 1.29 is 0 Å². The third-order valence-electron chi connectivity index (χ3n) is 2.84. The minimum absolute atomic E-state index is 0.476. The van der Waals surface area contributed by atoms with Crippen molar-refractivity contribution in [1.82, 2.24) is 4.98 Å². The van der Waals surface area contributed by atoms with Crippen molar-refractivity contribution in [3.63, 3.8) is 0 Å². The normalized spacial score (nSPS) is 20.3. The number of pyridine rings is 1. The summed E-state index contributed by atoms with van der Waals surface area (Å²) in [6.45, 7) is 2.76. The van der Waals surface area contributed by atoms with Gasteiger partial charge in [-0.2, -0.15) is 5.26 Å². The van der Waals surface area contributed by atoms with Crippen LogP contribution in [0.3, 0.4) is 0 Å². The molecule has 0 bridgehead atoms. The number of hydrogen-bond acceptors (Lipinski definition) is 4. The molecular weight excluding hydrogens is 188 g/mol. The Morgan fingerprint density at radius 3 is 3.20 bits per heavy atom. The van der Waals surface area contributed by atoms with Gasteiger partial charge in [-0.1, -0.05) is 0 Å². The van der Waals surface area contributed by atoms with Crippen LogP contribution in [-0.2, 0) is 0 Å². The van der Waals surface area contributed by atoms with Crippen molar-refractivity contribution in [2.24, 2.45) is 11.7 Å². The lowest BCUT2D eigenvalue weighted by atomic mass is 10.1. The molecule has 1 saturated heterocycles. The smallest absolute Gasteiger partial charge is 0.142 e. The second-order valence-corrected chi connectivity index (χ2v) is 3.85. The van der Waals surface area contributed by atoms with E-state index in [-0.39, 0.29) is 0 Å². The predicted octanol–water partition coefficient (Wildman–Crippen LogP) is 0.738. The standard InChI is InChI=1S/C11H14N4/c12-6-9-2-4-15(8-9)11-1-3-14-10(5-11)7-13/h1,3,5,9H,2,4,6,8,12H2. The molecule has 0 spiro atoms. The van der Waals surface area contributed by atoms with Gasteiger partial charge in [0.25, 0.3) is 0 Å². The summed E-state index contributed by atoms with van der Waals surface area (Å²) in [4.78, 5) is 6.22. The summed E-state index contributed by atoms with van der Waals surface area (Å²) in [5.41, 5.74) is 7.20.